The van der Waals surface area contributed by atoms with Crippen LogP contribution < -0.4 is 0 Å². The van der Waals surface area contributed by atoms with Crippen LogP contribution in [-0.4, -0.2) is 38.5 Å². The molecule has 2 heterocycles. The van der Waals surface area contributed by atoms with E-state index in [1.807, 2.05) is 24.3 Å². The van der Waals surface area contributed by atoms with Crippen LogP contribution in [0.5, 0.6) is 0 Å². The number of hydrogen-bond acceptors (Lipinski definition) is 5. The summed E-state index contributed by atoms with van der Waals surface area (Å²) < 4.78 is 0. The minimum absolute atomic E-state index is 0.162. The second-order valence-corrected chi connectivity index (χ2v) is 8.23. The number of benzene rings is 2. The molecule has 0 radical (unpaired) electrons. The summed E-state index contributed by atoms with van der Waals surface area (Å²) in [5.41, 5.74) is 1.31. The van der Waals surface area contributed by atoms with Gasteiger partial charge >= 0.3 is 0 Å². The lowest BCUT2D eigenvalue weighted by atomic mass is 10.2. The summed E-state index contributed by atoms with van der Waals surface area (Å²) >= 11 is 7.33. The van der Waals surface area contributed by atoms with Crippen LogP contribution >= 0.6 is 23.4 Å². The standard InChI is InChI=1S/C21H18ClN3O2S/c22-15-10-8-14(9-11-15)20(26)25-12-4-3-7-18(21(25)27)28-19-16-5-1-2-6-17(16)23-13-24-19/h1-2,5-6,8-11,13,18H,3-4,7,12H2/t18-/m0/s1. The van der Waals surface area contributed by atoms with Crippen molar-refractivity contribution < 1.29 is 9.59 Å². The van der Waals surface area contributed by atoms with E-state index in [0.29, 0.717) is 23.6 Å². The van der Waals surface area contributed by atoms with Crippen molar-refractivity contribution in [3.05, 3.63) is 65.4 Å². The molecule has 1 atom stereocenters. The third-order valence-corrected chi connectivity index (χ3v) is 6.26. The second-order valence-electron chi connectivity index (χ2n) is 6.60. The van der Waals surface area contributed by atoms with Gasteiger partial charge in [-0.15, -0.1) is 0 Å². The van der Waals surface area contributed by atoms with E-state index in [4.69, 9.17) is 11.6 Å². The fraction of sp³-hybridized carbons (Fsp3) is 0.238. The highest BCUT2D eigenvalue weighted by Crippen LogP contribution is 2.33. The molecule has 0 saturated carbocycles. The summed E-state index contributed by atoms with van der Waals surface area (Å²) in [6.07, 6.45) is 3.91. The van der Waals surface area contributed by atoms with E-state index in [2.05, 4.69) is 9.97 Å². The molecular weight excluding hydrogens is 394 g/mol. The summed E-state index contributed by atoms with van der Waals surface area (Å²) in [7, 11) is 0. The SMILES string of the molecule is O=C(c1ccc(Cl)cc1)N1CCCC[C@H](Sc2ncnc3ccccc23)C1=O. The van der Waals surface area contributed by atoms with Crippen LogP contribution in [-0.2, 0) is 4.79 Å². The van der Waals surface area contributed by atoms with Gasteiger partial charge in [0.25, 0.3) is 5.91 Å². The quantitative estimate of drug-likeness (QED) is 0.465. The predicted molar refractivity (Wildman–Crippen MR) is 111 cm³/mol. The first-order valence-corrected chi connectivity index (χ1v) is 10.4. The monoisotopic (exact) mass is 411 g/mol. The fourth-order valence-electron chi connectivity index (χ4n) is 3.28. The first kappa shape index (κ1) is 18.9. The molecule has 1 saturated heterocycles. The summed E-state index contributed by atoms with van der Waals surface area (Å²) in [4.78, 5) is 36.1. The zero-order chi connectivity index (χ0) is 19.5. The van der Waals surface area contributed by atoms with Gasteiger partial charge in [0.2, 0.25) is 5.91 Å². The Bertz CT molecular complexity index is 1020. The number of para-hydroxylation sites is 1. The van der Waals surface area contributed by atoms with Gasteiger partial charge < -0.3 is 0 Å². The van der Waals surface area contributed by atoms with Crippen LogP contribution in [0.25, 0.3) is 10.9 Å². The number of rotatable bonds is 3. The molecule has 4 rings (SSSR count). The third-order valence-electron chi connectivity index (χ3n) is 4.74. The van der Waals surface area contributed by atoms with Crippen molar-refractivity contribution in [2.45, 2.75) is 29.5 Å². The van der Waals surface area contributed by atoms with E-state index in [1.54, 1.807) is 24.3 Å². The Kier molecular flexibility index (Phi) is 5.59. The van der Waals surface area contributed by atoms with Gasteiger partial charge in [-0.05, 0) is 43.2 Å². The molecule has 1 aliphatic rings. The lowest BCUT2D eigenvalue weighted by Crippen LogP contribution is -2.41. The number of halogens is 1. The number of amides is 2. The van der Waals surface area contributed by atoms with Gasteiger partial charge in [-0.2, -0.15) is 0 Å². The molecular formula is C21H18ClN3O2S. The van der Waals surface area contributed by atoms with E-state index in [9.17, 15) is 9.59 Å². The summed E-state index contributed by atoms with van der Waals surface area (Å²) in [6.45, 7) is 0.432. The average Bonchev–Trinajstić information content (AvgIpc) is 2.90. The van der Waals surface area contributed by atoms with E-state index >= 15 is 0 Å². The van der Waals surface area contributed by atoms with Crippen molar-refractivity contribution in [3.8, 4) is 0 Å². The second kappa shape index (κ2) is 8.29. The lowest BCUT2D eigenvalue weighted by molar-refractivity contribution is -0.127. The number of hydrogen-bond donors (Lipinski definition) is 0. The zero-order valence-electron chi connectivity index (χ0n) is 15.0. The lowest BCUT2D eigenvalue weighted by Gasteiger charge is -2.22. The minimum Gasteiger partial charge on any atom is -0.278 e. The maximum atomic E-state index is 13.2. The smallest absolute Gasteiger partial charge is 0.260 e. The van der Waals surface area contributed by atoms with Crippen molar-refractivity contribution in [2.24, 2.45) is 0 Å². The number of aromatic nitrogens is 2. The molecule has 0 spiro atoms. The Morgan fingerprint density at radius 3 is 2.68 bits per heavy atom. The molecule has 28 heavy (non-hydrogen) atoms. The molecule has 5 nitrogen and oxygen atoms in total. The normalized spacial score (nSPS) is 17.5. The number of carbonyl (C=O) groups is 2. The highest BCUT2D eigenvalue weighted by molar-refractivity contribution is 8.00. The minimum atomic E-state index is -0.350. The molecule has 1 aromatic heterocycles. The van der Waals surface area contributed by atoms with Crippen molar-refractivity contribution >= 4 is 46.1 Å². The van der Waals surface area contributed by atoms with Crippen LogP contribution in [0, 0.1) is 0 Å². The number of imide groups is 1. The molecule has 1 fully saturated rings. The van der Waals surface area contributed by atoms with Gasteiger partial charge in [0, 0.05) is 22.5 Å². The van der Waals surface area contributed by atoms with Crippen LogP contribution in [0.2, 0.25) is 5.02 Å². The summed E-state index contributed by atoms with van der Waals surface area (Å²) in [5.74, 6) is -0.438. The first-order valence-electron chi connectivity index (χ1n) is 9.11. The predicted octanol–water partition coefficient (Wildman–Crippen LogP) is 4.60. The van der Waals surface area contributed by atoms with Crippen molar-refractivity contribution in [3.63, 3.8) is 0 Å². The summed E-state index contributed by atoms with van der Waals surface area (Å²) in [5, 5.41) is 1.90. The van der Waals surface area contributed by atoms with Gasteiger partial charge in [0.1, 0.15) is 11.4 Å². The zero-order valence-corrected chi connectivity index (χ0v) is 16.6. The Balaban J connectivity index is 1.60. The molecule has 0 unspecified atom stereocenters. The van der Waals surface area contributed by atoms with Gasteiger partial charge in [-0.3, -0.25) is 14.5 Å². The van der Waals surface area contributed by atoms with Crippen LogP contribution in [0.1, 0.15) is 29.6 Å². The van der Waals surface area contributed by atoms with Crippen LogP contribution in [0.3, 0.4) is 0 Å². The topological polar surface area (TPSA) is 63.2 Å². The molecule has 3 aromatic rings. The van der Waals surface area contributed by atoms with Crippen molar-refractivity contribution in [1.29, 1.82) is 0 Å². The van der Waals surface area contributed by atoms with E-state index in [0.717, 1.165) is 28.8 Å². The average molecular weight is 412 g/mol. The van der Waals surface area contributed by atoms with Gasteiger partial charge in [-0.1, -0.05) is 48.0 Å². The van der Waals surface area contributed by atoms with Gasteiger partial charge in [0.15, 0.2) is 0 Å². The molecule has 0 bridgehead atoms. The highest BCUT2D eigenvalue weighted by atomic mass is 35.5. The van der Waals surface area contributed by atoms with Gasteiger partial charge in [0.05, 0.1) is 10.8 Å². The molecule has 142 valence electrons. The maximum absolute atomic E-state index is 13.2. The molecule has 1 aliphatic heterocycles. The van der Waals surface area contributed by atoms with E-state index < -0.39 is 0 Å². The first-order chi connectivity index (χ1) is 13.6. The van der Waals surface area contributed by atoms with Crippen molar-refractivity contribution in [1.82, 2.24) is 14.9 Å². The summed E-state index contributed by atoms with van der Waals surface area (Å²) in [6, 6.07) is 14.4. The van der Waals surface area contributed by atoms with E-state index in [-0.39, 0.29) is 17.1 Å². The number of thioether (sulfide) groups is 1. The maximum Gasteiger partial charge on any atom is 0.260 e. The van der Waals surface area contributed by atoms with Crippen molar-refractivity contribution in [2.75, 3.05) is 6.54 Å². The fourth-order valence-corrected chi connectivity index (χ4v) is 4.59. The molecule has 0 aliphatic carbocycles. The van der Waals surface area contributed by atoms with Crippen LogP contribution in [0.15, 0.2) is 59.9 Å². The Labute approximate surface area is 172 Å². The molecule has 2 amide bonds. The molecule has 2 aromatic carbocycles. The third kappa shape index (κ3) is 3.88. The Morgan fingerprint density at radius 1 is 1.07 bits per heavy atom. The number of likely N-dealkylation sites (tertiary alicyclic amines) is 1. The van der Waals surface area contributed by atoms with Gasteiger partial charge in [-0.25, -0.2) is 9.97 Å². The molecule has 0 N–H and O–H groups in total. The Morgan fingerprint density at radius 2 is 1.86 bits per heavy atom. The number of nitrogens with zero attached hydrogens (tertiary/aromatic N) is 3. The number of carbonyl (C=O) groups excluding carboxylic acids is 2. The largest absolute Gasteiger partial charge is 0.278 e. The molecule has 7 heteroatoms. The van der Waals surface area contributed by atoms with E-state index in [1.165, 1.54) is 23.0 Å². The number of fused-ring (bicyclic) bond motifs is 1. The highest BCUT2D eigenvalue weighted by Gasteiger charge is 2.32. The van der Waals surface area contributed by atoms with Crippen LogP contribution in [0.4, 0.5) is 0 Å². The Hall–Kier alpha value is -2.44.